The third kappa shape index (κ3) is 5.99. The van der Waals surface area contributed by atoms with Gasteiger partial charge in [0.1, 0.15) is 17.9 Å². The summed E-state index contributed by atoms with van der Waals surface area (Å²) in [4.78, 5) is 17.1. The molecule has 5 nitrogen and oxygen atoms in total. The predicted molar refractivity (Wildman–Crippen MR) is 112 cm³/mol. The van der Waals surface area contributed by atoms with E-state index >= 15 is 0 Å². The lowest BCUT2D eigenvalue weighted by molar-refractivity contribution is -0.130. The van der Waals surface area contributed by atoms with E-state index in [1.165, 1.54) is 7.11 Å². The summed E-state index contributed by atoms with van der Waals surface area (Å²) in [6.45, 7) is 3.57. The van der Waals surface area contributed by atoms with E-state index in [2.05, 4.69) is 5.16 Å². The number of rotatable bonds is 8. The molecule has 6 heteroatoms. The second kappa shape index (κ2) is 10.3. The van der Waals surface area contributed by atoms with Gasteiger partial charge in [-0.25, -0.2) is 4.79 Å². The van der Waals surface area contributed by atoms with Gasteiger partial charge in [-0.1, -0.05) is 59.2 Å². The molecule has 2 aromatic rings. The third-order valence-electron chi connectivity index (χ3n) is 3.97. The Morgan fingerprint density at radius 1 is 1.14 bits per heavy atom. The quantitative estimate of drug-likeness (QED) is 0.279. The minimum Gasteiger partial charge on any atom is -0.500 e. The molecule has 0 aromatic heterocycles. The van der Waals surface area contributed by atoms with E-state index in [4.69, 9.17) is 21.2 Å². The van der Waals surface area contributed by atoms with Crippen molar-refractivity contribution in [3.63, 3.8) is 0 Å². The summed E-state index contributed by atoms with van der Waals surface area (Å²) in [7, 11) is 1.44. The van der Waals surface area contributed by atoms with Gasteiger partial charge in [0.2, 0.25) is 0 Å². The van der Waals surface area contributed by atoms with Crippen molar-refractivity contribution in [2.24, 2.45) is 5.16 Å². The van der Waals surface area contributed by atoms with E-state index in [-0.39, 0.29) is 12.2 Å². The zero-order chi connectivity index (χ0) is 20.5. The molecule has 0 amide bonds. The number of carboxylic acid groups (broad SMARTS) is 1. The summed E-state index contributed by atoms with van der Waals surface area (Å²) >= 11 is 5.87. The van der Waals surface area contributed by atoms with Gasteiger partial charge < -0.3 is 14.7 Å². The number of oxime groups is 1. The average molecular weight is 400 g/mol. The Labute approximate surface area is 169 Å². The fourth-order valence-corrected chi connectivity index (χ4v) is 2.60. The number of halogens is 1. The Hall–Kier alpha value is -3.05. The number of hydrogen-bond donors (Lipinski definition) is 1. The highest BCUT2D eigenvalue weighted by Crippen LogP contribution is 2.24. The normalized spacial score (nSPS) is 12.6. The van der Waals surface area contributed by atoms with Gasteiger partial charge in [-0.3, -0.25) is 0 Å². The molecule has 1 N–H and O–H groups in total. The molecule has 0 saturated heterocycles. The van der Waals surface area contributed by atoms with Crippen molar-refractivity contribution in [3.8, 4) is 0 Å². The van der Waals surface area contributed by atoms with E-state index in [0.29, 0.717) is 27.6 Å². The fourth-order valence-electron chi connectivity index (χ4n) is 2.47. The standard InChI is InChI=1S/C22H22ClNO4/c1-15(8-9-17-10-12-19(23)13-11-17)24-28-14-18-6-4-5-7-20(18)21(22(25)26)16(2)27-3/h4-13H,14H2,1-3H3,(H,25,26). The number of carboxylic acids is 1. The van der Waals surface area contributed by atoms with Crippen LogP contribution in [-0.2, 0) is 21.0 Å². The minimum atomic E-state index is -1.06. The van der Waals surface area contributed by atoms with Crippen LogP contribution in [0.3, 0.4) is 0 Å². The highest BCUT2D eigenvalue weighted by Gasteiger charge is 2.18. The van der Waals surface area contributed by atoms with Gasteiger partial charge in [0.25, 0.3) is 0 Å². The molecular formula is C22H22ClNO4. The van der Waals surface area contributed by atoms with Crippen LogP contribution in [0, 0.1) is 0 Å². The summed E-state index contributed by atoms with van der Waals surface area (Å²) in [6, 6.07) is 14.6. The van der Waals surface area contributed by atoms with E-state index < -0.39 is 5.97 Å². The Morgan fingerprint density at radius 2 is 1.82 bits per heavy atom. The van der Waals surface area contributed by atoms with Crippen molar-refractivity contribution in [1.82, 2.24) is 0 Å². The van der Waals surface area contributed by atoms with Crippen LogP contribution in [0.2, 0.25) is 5.02 Å². The maximum atomic E-state index is 11.7. The second-order valence-corrected chi connectivity index (χ2v) is 6.43. The molecule has 2 rings (SSSR count). The first-order valence-corrected chi connectivity index (χ1v) is 8.96. The Kier molecular flexibility index (Phi) is 7.84. The first kappa shape index (κ1) is 21.3. The summed E-state index contributed by atoms with van der Waals surface area (Å²) < 4.78 is 5.12. The molecule has 0 heterocycles. The van der Waals surface area contributed by atoms with Crippen molar-refractivity contribution in [3.05, 3.63) is 82.1 Å². The smallest absolute Gasteiger partial charge is 0.339 e. The number of allylic oxidation sites excluding steroid dienone is 2. The van der Waals surface area contributed by atoms with Crippen molar-refractivity contribution < 1.29 is 19.5 Å². The monoisotopic (exact) mass is 399 g/mol. The van der Waals surface area contributed by atoms with Crippen molar-refractivity contribution in [2.75, 3.05) is 7.11 Å². The summed E-state index contributed by atoms with van der Waals surface area (Å²) in [5, 5.41) is 14.3. The van der Waals surface area contributed by atoms with Gasteiger partial charge in [-0.05, 0) is 43.2 Å². The lowest BCUT2D eigenvalue weighted by Gasteiger charge is -2.12. The van der Waals surface area contributed by atoms with E-state index in [0.717, 1.165) is 5.56 Å². The molecule has 0 aliphatic carbocycles. The largest absolute Gasteiger partial charge is 0.500 e. The number of hydrogen-bond acceptors (Lipinski definition) is 4. The van der Waals surface area contributed by atoms with Crippen LogP contribution in [0.15, 0.2) is 65.5 Å². The maximum absolute atomic E-state index is 11.7. The molecule has 0 unspecified atom stereocenters. The van der Waals surface area contributed by atoms with Crippen LogP contribution < -0.4 is 0 Å². The summed E-state index contributed by atoms with van der Waals surface area (Å²) in [6.07, 6.45) is 3.73. The van der Waals surface area contributed by atoms with Gasteiger partial charge in [0.05, 0.1) is 12.8 Å². The van der Waals surface area contributed by atoms with Gasteiger partial charge in [0, 0.05) is 10.6 Å². The van der Waals surface area contributed by atoms with Crippen LogP contribution in [0.25, 0.3) is 11.6 Å². The SMILES string of the molecule is COC(C)=C(C(=O)O)c1ccccc1CON=C(C)C=Cc1ccc(Cl)cc1. The molecule has 0 radical (unpaired) electrons. The van der Waals surface area contributed by atoms with E-state index in [9.17, 15) is 9.90 Å². The third-order valence-corrected chi connectivity index (χ3v) is 4.23. The molecule has 2 aromatic carbocycles. The van der Waals surface area contributed by atoms with Crippen molar-refractivity contribution >= 4 is 34.9 Å². The number of ether oxygens (including phenoxy) is 1. The van der Waals surface area contributed by atoms with Crippen molar-refractivity contribution in [2.45, 2.75) is 20.5 Å². The molecule has 146 valence electrons. The van der Waals surface area contributed by atoms with Crippen LogP contribution in [0.5, 0.6) is 0 Å². The number of benzene rings is 2. The number of carbonyl (C=O) groups is 1. The molecule has 0 bridgehead atoms. The Balaban J connectivity index is 2.11. The topological polar surface area (TPSA) is 68.1 Å². The lowest BCUT2D eigenvalue weighted by Crippen LogP contribution is -2.07. The Bertz CT molecular complexity index is 914. The zero-order valence-electron chi connectivity index (χ0n) is 16.0. The van der Waals surface area contributed by atoms with Gasteiger partial charge in [-0.15, -0.1) is 0 Å². The number of methoxy groups -OCH3 is 1. The van der Waals surface area contributed by atoms with Crippen LogP contribution >= 0.6 is 11.6 Å². The average Bonchev–Trinajstić information content (AvgIpc) is 2.68. The molecule has 0 saturated carbocycles. The number of aliphatic carboxylic acids is 1. The van der Waals surface area contributed by atoms with Crippen molar-refractivity contribution in [1.29, 1.82) is 0 Å². The molecular weight excluding hydrogens is 378 g/mol. The highest BCUT2D eigenvalue weighted by molar-refractivity contribution is 6.30. The van der Waals surface area contributed by atoms with E-state index in [1.54, 1.807) is 25.1 Å². The highest BCUT2D eigenvalue weighted by atomic mass is 35.5. The van der Waals surface area contributed by atoms with Crippen LogP contribution in [0.4, 0.5) is 0 Å². The van der Waals surface area contributed by atoms with E-state index in [1.807, 2.05) is 49.4 Å². The first-order valence-electron chi connectivity index (χ1n) is 8.59. The molecule has 0 aliphatic heterocycles. The van der Waals surface area contributed by atoms with Gasteiger partial charge >= 0.3 is 5.97 Å². The molecule has 0 aliphatic rings. The van der Waals surface area contributed by atoms with Crippen LogP contribution in [0.1, 0.15) is 30.5 Å². The zero-order valence-corrected chi connectivity index (χ0v) is 16.7. The Morgan fingerprint density at radius 3 is 2.46 bits per heavy atom. The summed E-state index contributed by atoms with van der Waals surface area (Å²) in [5.41, 5.74) is 3.02. The van der Waals surface area contributed by atoms with Gasteiger partial charge in [-0.2, -0.15) is 0 Å². The molecule has 0 atom stereocenters. The number of nitrogens with zero attached hydrogens (tertiary/aromatic N) is 1. The maximum Gasteiger partial charge on any atom is 0.339 e. The second-order valence-electron chi connectivity index (χ2n) is 5.99. The minimum absolute atomic E-state index is 0.102. The molecule has 0 spiro atoms. The lowest BCUT2D eigenvalue weighted by atomic mass is 9.99. The molecule has 28 heavy (non-hydrogen) atoms. The summed E-state index contributed by atoms with van der Waals surface area (Å²) in [5.74, 6) is -0.733. The van der Waals surface area contributed by atoms with Gasteiger partial charge in [0.15, 0.2) is 0 Å². The first-order chi connectivity index (χ1) is 13.4. The fraction of sp³-hybridized carbons (Fsp3) is 0.182. The van der Waals surface area contributed by atoms with Crippen LogP contribution in [-0.4, -0.2) is 23.9 Å². The molecule has 0 fully saturated rings. The predicted octanol–water partition coefficient (Wildman–Crippen LogP) is 5.41.